The summed E-state index contributed by atoms with van der Waals surface area (Å²) < 4.78 is 0.425. The molecule has 1 atom stereocenters. The van der Waals surface area contributed by atoms with Crippen molar-refractivity contribution in [2.24, 2.45) is 0 Å². The van der Waals surface area contributed by atoms with Gasteiger partial charge in [-0.2, -0.15) is 0 Å². The Kier molecular flexibility index (Phi) is 2.10. The normalized spacial score (nSPS) is 28.6. The number of amides is 1. The summed E-state index contributed by atoms with van der Waals surface area (Å²) in [5, 5.41) is 2.81. The van der Waals surface area contributed by atoms with Crippen LogP contribution in [0.4, 0.5) is 0 Å². The van der Waals surface area contributed by atoms with Crippen molar-refractivity contribution in [2.45, 2.75) is 10.3 Å². The summed E-state index contributed by atoms with van der Waals surface area (Å²) in [6.45, 7) is 0.914. The first-order chi connectivity index (χ1) is 3.84. The van der Waals surface area contributed by atoms with Gasteiger partial charge in [-0.05, 0) is 0 Å². The fraction of sp³-hybridized carbons (Fsp3) is 0.800. The molecule has 1 N–H and O–H groups in total. The van der Waals surface area contributed by atoms with Crippen molar-refractivity contribution < 1.29 is 26.0 Å². The van der Waals surface area contributed by atoms with Gasteiger partial charge in [-0.1, -0.05) is 0 Å². The molecule has 1 fully saturated rings. The molecule has 3 heteroatoms. The van der Waals surface area contributed by atoms with Crippen molar-refractivity contribution >= 4 is 5.91 Å². The number of hydrogen-bond donors (Lipinski definition) is 1. The second-order valence-corrected chi connectivity index (χ2v) is 4.51. The predicted molar refractivity (Wildman–Crippen MR) is 27.3 cm³/mol. The number of carbonyl (C=O) groups is 1. The van der Waals surface area contributed by atoms with Crippen LogP contribution in [0.15, 0.2) is 0 Å². The third-order valence-electron chi connectivity index (χ3n) is 1.24. The van der Waals surface area contributed by atoms with E-state index < -0.39 is 0 Å². The molecule has 0 radical (unpaired) electrons. The summed E-state index contributed by atoms with van der Waals surface area (Å²) in [7, 11) is 0. The molecule has 1 unspecified atom stereocenters. The third kappa shape index (κ3) is 1.13. The van der Waals surface area contributed by atoms with Crippen molar-refractivity contribution in [1.29, 1.82) is 0 Å². The average molecular weight is 226 g/mol. The first-order valence-electron chi connectivity index (χ1n) is 2.60. The molecule has 0 aromatic carbocycles. The summed E-state index contributed by atoms with van der Waals surface area (Å²) in [5.74, 6) is 0.292. The average Bonchev–Trinajstić information content (AvgIpc) is 2.14. The Morgan fingerprint density at radius 2 is 2.62 bits per heavy atom. The molecule has 1 aliphatic rings. The van der Waals surface area contributed by atoms with E-state index in [-0.39, 0.29) is 21.2 Å². The Hall–Kier alpha value is 0.200. The predicted octanol–water partition coefficient (Wildman–Crippen LogP) is -3.41. The fourth-order valence-electron chi connectivity index (χ4n) is 0.772. The molecule has 1 aliphatic heterocycles. The summed E-state index contributed by atoms with van der Waals surface area (Å²) in [5.41, 5.74) is 0. The molecule has 1 heterocycles. The van der Waals surface area contributed by atoms with Crippen molar-refractivity contribution in [2.75, 3.05) is 11.5 Å². The summed E-state index contributed by atoms with van der Waals surface area (Å²) in [6.07, 6.45) is 1.09. The summed E-state index contributed by atoms with van der Waals surface area (Å²) in [4.78, 5) is 12.9. The van der Waals surface area contributed by atoms with Crippen molar-refractivity contribution in [3.8, 4) is 0 Å². The summed E-state index contributed by atoms with van der Waals surface area (Å²) in [6, 6.07) is 0. The number of alkyl halides is 2. The Balaban J connectivity index is 2.42. The van der Waals surface area contributed by atoms with Gasteiger partial charge in [0.2, 0.25) is 0 Å². The van der Waals surface area contributed by atoms with E-state index in [4.69, 9.17) is 0 Å². The Morgan fingerprint density at radius 1 is 1.88 bits per heavy atom. The number of hydrogen-bond acceptors (Lipinski definition) is 1. The van der Waals surface area contributed by atoms with Crippen LogP contribution in [-0.4, -0.2) is 21.3 Å². The monoisotopic (exact) mass is 226 g/mol. The third-order valence-corrected chi connectivity index (χ3v) is 3.94. The van der Waals surface area contributed by atoms with Crippen molar-refractivity contribution in [3.63, 3.8) is 0 Å². The van der Waals surface area contributed by atoms with E-state index >= 15 is 0 Å². The quantitative estimate of drug-likeness (QED) is 0.366. The molecule has 48 valence electrons. The maximum absolute atomic E-state index is 10.7. The Bertz CT molecular complexity index is 105. The van der Waals surface area contributed by atoms with E-state index in [1.165, 1.54) is 0 Å². The zero-order valence-electron chi connectivity index (χ0n) is 4.78. The van der Waals surface area contributed by atoms with Crippen LogP contribution in [0.1, 0.15) is 6.42 Å². The number of nitrogens with one attached hydrogen (secondary N) is 1. The van der Waals surface area contributed by atoms with Gasteiger partial charge in [0.1, 0.15) is 0 Å². The van der Waals surface area contributed by atoms with Crippen LogP contribution in [0.5, 0.6) is 0 Å². The molecule has 1 rings (SSSR count). The molecule has 2 nitrogen and oxygen atoms in total. The maximum atomic E-state index is 10.7. The van der Waals surface area contributed by atoms with Crippen LogP contribution < -0.4 is 26.5 Å². The molecule has 0 saturated carbocycles. The zero-order chi connectivity index (χ0) is 5.98. The van der Waals surface area contributed by atoms with Crippen LogP contribution in [0.3, 0.4) is 0 Å². The molecule has 0 aromatic heterocycles. The van der Waals surface area contributed by atoms with Crippen LogP contribution in [0.2, 0.25) is 0 Å². The molecule has 8 heavy (non-hydrogen) atoms. The van der Waals surface area contributed by atoms with Gasteiger partial charge in [-0.25, -0.2) is 0 Å². The second kappa shape index (κ2) is 2.66. The Morgan fingerprint density at radius 3 is 2.88 bits per heavy atom. The van der Waals surface area contributed by atoms with E-state index in [1.54, 1.807) is 0 Å². The van der Waals surface area contributed by atoms with Crippen LogP contribution in [-0.2, 0) is 4.79 Å². The number of halogens is 1. The van der Waals surface area contributed by atoms with Gasteiger partial charge >= 0.3 is 59.0 Å². The standard InChI is InChI=1S/C5H9INO/c1-6-4-2-3-7-5(4)8/h4H,2-3H2,1H3,(H,7,8)/q-1. The minimum absolute atomic E-state index is 0.152. The molecular formula is C5H9INO-. The van der Waals surface area contributed by atoms with Gasteiger partial charge < -0.3 is 0 Å². The van der Waals surface area contributed by atoms with E-state index in [9.17, 15) is 4.79 Å². The molecular weight excluding hydrogens is 217 g/mol. The summed E-state index contributed by atoms with van der Waals surface area (Å²) >= 11 is 0.152. The molecule has 0 aromatic rings. The second-order valence-electron chi connectivity index (χ2n) is 1.77. The zero-order valence-corrected chi connectivity index (χ0v) is 6.94. The van der Waals surface area contributed by atoms with Gasteiger partial charge in [0.15, 0.2) is 0 Å². The van der Waals surface area contributed by atoms with E-state index in [0.29, 0.717) is 9.83 Å². The number of carbonyl (C=O) groups excluding carboxylic acids is 1. The van der Waals surface area contributed by atoms with Gasteiger partial charge in [-0.3, -0.25) is 0 Å². The molecule has 0 aliphatic carbocycles. The first kappa shape index (κ1) is 6.32. The molecule has 1 amide bonds. The SMILES string of the molecule is C[I-]C1CCNC1=O. The van der Waals surface area contributed by atoms with Gasteiger partial charge in [-0.15, -0.1) is 0 Å². The van der Waals surface area contributed by atoms with E-state index in [2.05, 4.69) is 10.2 Å². The topological polar surface area (TPSA) is 29.1 Å². The minimum atomic E-state index is 0.152. The molecule has 1 saturated heterocycles. The van der Waals surface area contributed by atoms with Crippen LogP contribution in [0, 0.1) is 0 Å². The molecule has 0 bridgehead atoms. The Labute approximate surface area is 59.3 Å². The van der Waals surface area contributed by atoms with E-state index in [1.807, 2.05) is 0 Å². The van der Waals surface area contributed by atoms with Crippen molar-refractivity contribution in [3.05, 3.63) is 0 Å². The van der Waals surface area contributed by atoms with Gasteiger partial charge in [0, 0.05) is 0 Å². The number of rotatable bonds is 1. The van der Waals surface area contributed by atoms with Crippen LogP contribution in [0.25, 0.3) is 0 Å². The van der Waals surface area contributed by atoms with Gasteiger partial charge in [0.05, 0.1) is 0 Å². The molecule has 0 spiro atoms. The van der Waals surface area contributed by atoms with Gasteiger partial charge in [0.25, 0.3) is 0 Å². The van der Waals surface area contributed by atoms with Crippen molar-refractivity contribution in [1.82, 2.24) is 5.32 Å². The van der Waals surface area contributed by atoms with Crippen LogP contribution >= 0.6 is 0 Å². The van der Waals surface area contributed by atoms with E-state index in [0.717, 1.165) is 13.0 Å². The first-order valence-corrected chi connectivity index (χ1v) is 6.00. The fourth-order valence-corrected chi connectivity index (χ4v) is 2.49.